The molecular formula is C13H20N6. The van der Waals surface area contributed by atoms with Gasteiger partial charge in [-0.05, 0) is 39.7 Å². The van der Waals surface area contributed by atoms with Gasteiger partial charge in [-0.3, -0.25) is 0 Å². The van der Waals surface area contributed by atoms with Crippen molar-refractivity contribution in [2.45, 2.75) is 41.0 Å². The van der Waals surface area contributed by atoms with Crippen molar-refractivity contribution in [1.82, 2.24) is 19.7 Å². The molecule has 0 aromatic carbocycles. The van der Waals surface area contributed by atoms with Gasteiger partial charge in [0.1, 0.15) is 11.6 Å². The number of nitrogens with zero attached hydrogens (tertiary/aromatic N) is 4. The molecule has 0 atom stereocenters. The van der Waals surface area contributed by atoms with Crippen molar-refractivity contribution in [3.05, 3.63) is 28.3 Å². The molecule has 2 aromatic heterocycles. The summed E-state index contributed by atoms with van der Waals surface area (Å²) in [7, 11) is 0. The number of nitrogen functional groups attached to an aromatic ring is 1. The number of aryl methyl sites for hydroxylation is 2. The van der Waals surface area contributed by atoms with E-state index in [-0.39, 0.29) is 0 Å². The van der Waals surface area contributed by atoms with Gasteiger partial charge < -0.3 is 5.43 Å². The number of nitrogens with two attached hydrogens (primary N) is 1. The standard InChI is InChI=1S/C13H20N6/c1-6-11-8(3)18-19(9(11)4)13-7(2)12(17-14)15-10(5)16-13/h6,14H2,1-5H3,(H,15,16,17). The fraction of sp³-hybridized carbons (Fsp3) is 0.462. The van der Waals surface area contributed by atoms with E-state index in [0.29, 0.717) is 11.6 Å². The van der Waals surface area contributed by atoms with Gasteiger partial charge in [0.2, 0.25) is 0 Å². The van der Waals surface area contributed by atoms with Crippen LogP contribution in [0.15, 0.2) is 0 Å². The zero-order chi connectivity index (χ0) is 14.2. The van der Waals surface area contributed by atoms with Crippen molar-refractivity contribution in [2.24, 2.45) is 5.84 Å². The molecular weight excluding hydrogens is 240 g/mol. The number of hydrazine groups is 1. The summed E-state index contributed by atoms with van der Waals surface area (Å²) in [5.41, 5.74) is 6.92. The molecule has 3 N–H and O–H groups in total. The molecule has 2 heterocycles. The topological polar surface area (TPSA) is 81.7 Å². The first-order valence-electron chi connectivity index (χ1n) is 6.36. The number of rotatable bonds is 3. The van der Waals surface area contributed by atoms with E-state index in [4.69, 9.17) is 5.84 Å². The predicted molar refractivity (Wildman–Crippen MR) is 75.3 cm³/mol. The minimum Gasteiger partial charge on any atom is -0.308 e. The first-order chi connectivity index (χ1) is 8.99. The second kappa shape index (κ2) is 4.97. The van der Waals surface area contributed by atoms with Crippen LogP contribution >= 0.6 is 0 Å². The molecule has 0 bridgehead atoms. The molecule has 0 amide bonds. The monoisotopic (exact) mass is 260 g/mol. The highest BCUT2D eigenvalue weighted by Crippen LogP contribution is 2.22. The average molecular weight is 260 g/mol. The molecule has 19 heavy (non-hydrogen) atoms. The molecule has 6 nitrogen and oxygen atoms in total. The van der Waals surface area contributed by atoms with Gasteiger partial charge in [0.15, 0.2) is 5.82 Å². The minimum absolute atomic E-state index is 0.633. The van der Waals surface area contributed by atoms with Gasteiger partial charge >= 0.3 is 0 Å². The quantitative estimate of drug-likeness (QED) is 0.649. The SMILES string of the molecule is CCc1c(C)nn(-c2nc(C)nc(NN)c2C)c1C. The van der Waals surface area contributed by atoms with Crippen LogP contribution in [-0.2, 0) is 6.42 Å². The van der Waals surface area contributed by atoms with E-state index in [1.807, 2.05) is 25.5 Å². The van der Waals surface area contributed by atoms with Crippen LogP contribution in [0.1, 0.15) is 35.3 Å². The Morgan fingerprint density at radius 2 is 1.84 bits per heavy atom. The predicted octanol–water partition coefficient (Wildman–Crippen LogP) is 1.74. The maximum atomic E-state index is 5.50. The van der Waals surface area contributed by atoms with Crippen molar-refractivity contribution in [3.63, 3.8) is 0 Å². The Morgan fingerprint density at radius 3 is 2.37 bits per heavy atom. The summed E-state index contributed by atoms with van der Waals surface area (Å²) in [6, 6.07) is 0. The van der Waals surface area contributed by atoms with E-state index in [1.54, 1.807) is 0 Å². The van der Waals surface area contributed by atoms with E-state index in [0.717, 1.165) is 29.2 Å². The van der Waals surface area contributed by atoms with Gasteiger partial charge in [0, 0.05) is 11.3 Å². The van der Waals surface area contributed by atoms with Crippen LogP contribution in [0.3, 0.4) is 0 Å². The van der Waals surface area contributed by atoms with E-state index in [1.165, 1.54) is 5.56 Å². The Bertz CT molecular complexity index is 614. The van der Waals surface area contributed by atoms with Gasteiger partial charge in [0.25, 0.3) is 0 Å². The molecule has 0 saturated heterocycles. The zero-order valence-electron chi connectivity index (χ0n) is 12.1. The Labute approximate surface area is 113 Å². The number of hydrogen-bond acceptors (Lipinski definition) is 5. The highest BCUT2D eigenvalue weighted by atomic mass is 15.3. The zero-order valence-corrected chi connectivity index (χ0v) is 12.1. The molecule has 0 radical (unpaired) electrons. The Balaban J connectivity index is 2.69. The Hall–Kier alpha value is -1.95. The summed E-state index contributed by atoms with van der Waals surface area (Å²) in [6.45, 7) is 9.99. The normalized spacial score (nSPS) is 10.8. The van der Waals surface area contributed by atoms with Gasteiger partial charge in [-0.15, -0.1) is 0 Å². The van der Waals surface area contributed by atoms with E-state index >= 15 is 0 Å². The van der Waals surface area contributed by atoms with Crippen LogP contribution in [-0.4, -0.2) is 19.7 Å². The highest BCUT2D eigenvalue weighted by Gasteiger charge is 2.16. The van der Waals surface area contributed by atoms with E-state index in [2.05, 4.69) is 34.3 Å². The summed E-state index contributed by atoms with van der Waals surface area (Å²) in [4.78, 5) is 8.76. The molecule has 0 spiro atoms. The number of anilines is 1. The third-order valence-corrected chi connectivity index (χ3v) is 3.36. The van der Waals surface area contributed by atoms with Gasteiger partial charge in [0.05, 0.1) is 5.69 Å². The Kier molecular flexibility index (Phi) is 3.53. The summed E-state index contributed by atoms with van der Waals surface area (Å²) < 4.78 is 1.87. The van der Waals surface area contributed by atoms with Gasteiger partial charge in [-0.25, -0.2) is 20.5 Å². The van der Waals surface area contributed by atoms with Crippen molar-refractivity contribution in [3.8, 4) is 5.82 Å². The molecule has 2 aromatic rings. The minimum atomic E-state index is 0.633. The van der Waals surface area contributed by atoms with Crippen LogP contribution in [0.5, 0.6) is 0 Å². The summed E-state index contributed by atoms with van der Waals surface area (Å²) in [5, 5.41) is 4.59. The third-order valence-electron chi connectivity index (χ3n) is 3.36. The average Bonchev–Trinajstić information content (AvgIpc) is 2.66. The molecule has 0 aliphatic rings. The lowest BCUT2D eigenvalue weighted by Gasteiger charge is -2.11. The second-order valence-corrected chi connectivity index (χ2v) is 4.63. The molecule has 0 aliphatic heterocycles. The fourth-order valence-corrected chi connectivity index (χ4v) is 2.35. The Morgan fingerprint density at radius 1 is 1.16 bits per heavy atom. The largest absolute Gasteiger partial charge is 0.308 e. The van der Waals surface area contributed by atoms with Gasteiger partial charge in [-0.2, -0.15) is 5.10 Å². The van der Waals surface area contributed by atoms with Crippen LogP contribution < -0.4 is 11.3 Å². The van der Waals surface area contributed by atoms with Crippen molar-refractivity contribution >= 4 is 5.82 Å². The molecule has 102 valence electrons. The van der Waals surface area contributed by atoms with Crippen LogP contribution in [0, 0.1) is 27.7 Å². The van der Waals surface area contributed by atoms with Crippen molar-refractivity contribution in [2.75, 3.05) is 5.43 Å². The number of hydrogen-bond donors (Lipinski definition) is 2. The maximum Gasteiger partial charge on any atom is 0.162 e. The third kappa shape index (κ3) is 2.19. The first kappa shape index (κ1) is 13.5. The lowest BCUT2D eigenvalue weighted by Crippen LogP contribution is -2.15. The van der Waals surface area contributed by atoms with E-state index in [9.17, 15) is 0 Å². The molecule has 0 saturated carbocycles. The van der Waals surface area contributed by atoms with E-state index < -0.39 is 0 Å². The smallest absolute Gasteiger partial charge is 0.162 e. The summed E-state index contributed by atoms with van der Waals surface area (Å²) in [6.07, 6.45) is 0.961. The molecule has 0 aliphatic carbocycles. The number of nitrogens with one attached hydrogen (secondary N) is 1. The second-order valence-electron chi connectivity index (χ2n) is 4.63. The molecule has 0 fully saturated rings. The molecule has 6 heteroatoms. The first-order valence-corrected chi connectivity index (χ1v) is 6.36. The van der Waals surface area contributed by atoms with Gasteiger partial charge in [-0.1, -0.05) is 6.92 Å². The maximum absolute atomic E-state index is 5.50. The molecule has 0 unspecified atom stereocenters. The van der Waals surface area contributed by atoms with Crippen LogP contribution in [0.4, 0.5) is 5.82 Å². The van der Waals surface area contributed by atoms with Crippen molar-refractivity contribution in [1.29, 1.82) is 0 Å². The van der Waals surface area contributed by atoms with Crippen molar-refractivity contribution < 1.29 is 0 Å². The van der Waals surface area contributed by atoms with Crippen LogP contribution in [0.2, 0.25) is 0 Å². The highest BCUT2D eigenvalue weighted by molar-refractivity contribution is 5.51. The lowest BCUT2D eigenvalue weighted by atomic mass is 10.1. The van der Waals surface area contributed by atoms with Crippen LogP contribution in [0.25, 0.3) is 5.82 Å². The summed E-state index contributed by atoms with van der Waals surface area (Å²) in [5.74, 6) is 7.57. The molecule has 2 rings (SSSR count). The lowest BCUT2D eigenvalue weighted by molar-refractivity contribution is 0.784. The number of aromatic nitrogens is 4. The summed E-state index contributed by atoms with van der Waals surface area (Å²) >= 11 is 0. The fourth-order valence-electron chi connectivity index (χ4n) is 2.35.